The van der Waals surface area contributed by atoms with Gasteiger partial charge in [0.05, 0.1) is 0 Å². The first-order valence-corrected chi connectivity index (χ1v) is 6.08. The third-order valence-electron chi connectivity index (χ3n) is 3.24. The van der Waals surface area contributed by atoms with Crippen LogP contribution in [0.4, 0.5) is 0 Å². The molecule has 0 atom stereocenters. The highest BCUT2D eigenvalue weighted by Gasteiger charge is 2.13. The molecule has 0 aliphatic carbocycles. The van der Waals surface area contributed by atoms with Gasteiger partial charge < -0.3 is 0 Å². The molecule has 1 aliphatic rings. The van der Waals surface area contributed by atoms with E-state index in [1.54, 1.807) is 6.92 Å². The van der Waals surface area contributed by atoms with E-state index in [1.165, 1.54) is 37.9 Å². The third kappa shape index (κ3) is 2.70. The van der Waals surface area contributed by atoms with E-state index in [2.05, 4.69) is 11.0 Å². The van der Waals surface area contributed by atoms with Gasteiger partial charge in [-0.25, -0.2) is 0 Å². The van der Waals surface area contributed by atoms with Crippen molar-refractivity contribution < 1.29 is 4.79 Å². The molecule has 0 amide bonds. The Balaban J connectivity index is 2.10. The summed E-state index contributed by atoms with van der Waals surface area (Å²) in [5.41, 5.74) is 2.06. The molecule has 0 unspecified atom stereocenters. The molecule has 1 aliphatic heterocycles. The van der Waals surface area contributed by atoms with Crippen LogP contribution < -0.4 is 0 Å². The molecule has 2 nitrogen and oxygen atoms in total. The van der Waals surface area contributed by atoms with Crippen molar-refractivity contribution >= 4 is 5.78 Å². The maximum atomic E-state index is 11.5. The van der Waals surface area contributed by atoms with Crippen molar-refractivity contribution in [3.8, 4) is 0 Å². The van der Waals surface area contributed by atoms with E-state index < -0.39 is 0 Å². The topological polar surface area (TPSA) is 20.3 Å². The predicted octanol–water partition coefficient (Wildman–Crippen LogP) is 2.88. The standard InChI is InChI=1S/C14H19NO/c1-12(16)14-8-4-3-7-13(14)11-15-9-5-2-6-10-15/h3-4,7-8H,2,5-6,9-11H2,1H3. The summed E-state index contributed by atoms with van der Waals surface area (Å²) in [6, 6.07) is 7.97. The van der Waals surface area contributed by atoms with E-state index in [0.717, 1.165) is 12.1 Å². The number of likely N-dealkylation sites (tertiary alicyclic amines) is 1. The van der Waals surface area contributed by atoms with Crippen LogP contribution in [0.1, 0.15) is 42.1 Å². The quantitative estimate of drug-likeness (QED) is 0.726. The summed E-state index contributed by atoms with van der Waals surface area (Å²) < 4.78 is 0. The van der Waals surface area contributed by atoms with Gasteiger partial charge >= 0.3 is 0 Å². The maximum absolute atomic E-state index is 11.5. The Morgan fingerprint density at radius 2 is 1.88 bits per heavy atom. The van der Waals surface area contributed by atoms with Crippen LogP contribution in [0.5, 0.6) is 0 Å². The van der Waals surface area contributed by atoms with E-state index in [0.29, 0.717) is 0 Å². The molecular formula is C14H19NO. The lowest BCUT2D eigenvalue weighted by molar-refractivity contribution is 0.101. The second-order valence-corrected chi connectivity index (χ2v) is 4.55. The van der Waals surface area contributed by atoms with Gasteiger partial charge in [0.1, 0.15) is 0 Å². The van der Waals surface area contributed by atoms with E-state index in [4.69, 9.17) is 0 Å². The lowest BCUT2D eigenvalue weighted by Crippen LogP contribution is -2.29. The Morgan fingerprint density at radius 3 is 2.56 bits per heavy atom. The first-order chi connectivity index (χ1) is 7.77. The molecule has 1 fully saturated rings. The van der Waals surface area contributed by atoms with E-state index in [9.17, 15) is 4.79 Å². The van der Waals surface area contributed by atoms with E-state index in [1.807, 2.05) is 18.2 Å². The fourth-order valence-electron chi connectivity index (χ4n) is 2.36. The molecule has 2 rings (SSSR count). The van der Waals surface area contributed by atoms with Crippen molar-refractivity contribution in [2.75, 3.05) is 13.1 Å². The number of ketones is 1. The fourth-order valence-corrected chi connectivity index (χ4v) is 2.36. The van der Waals surface area contributed by atoms with Gasteiger partial charge in [0, 0.05) is 12.1 Å². The Labute approximate surface area is 97.3 Å². The monoisotopic (exact) mass is 217 g/mol. The summed E-state index contributed by atoms with van der Waals surface area (Å²) in [5, 5.41) is 0. The summed E-state index contributed by atoms with van der Waals surface area (Å²) in [4.78, 5) is 13.9. The van der Waals surface area contributed by atoms with Gasteiger partial charge in [0.15, 0.2) is 5.78 Å². The minimum Gasteiger partial charge on any atom is -0.299 e. The van der Waals surface area contributed by atoms with Crippen molar-refractivity contribution in [2.24, 2.45) is 0 Å². The first kappa shape index (κ1) is 11.3. The zero-order valence-electron chi connectivity index (χ0n) is 9.91. The largest absolute Gasteiger partial charge is 0.299 e. The Hall–Kier alpha value is -1.15. The molecule has 0 bridgehead atoms. The number of carbonyl (C=O) groups is 1. The molecule has 0 N–H and O–H groups in total. The van der Waals surface area contributed by atoms with Crippen LogP contribution in [0.15, 0.2) is 24.3 Å². The van der Waals surface area contributed by atoms with Gasteiger partial charge in [0.25, 0.3) is 0 Å². The van der Waals surface area contributed by atoms with Gasteiger partial charge in [-0.15, -0.1) is 0 Å². The van der Waals surface area contributed by atoms with Gasteiger partial charge in [-0.1, -0.05) is 30.7 Å². The van der Waals surface area contributed by atoms with Gasteiger partial charge in [-0.3, -0.25) is 9.69 Å². The highest BCUT2D eigenvalue weighted by molar-refractivity contribution is 5.95. The molecule has 1 aromatic carbocycles. The van der Waals surface area contributed by atoms with Gasteiger partial charge in [0.2, 0.25) is 0 Å². The summed E-state index contributed by atoms with van der Waals surface area (Å²) >= 11 is 0. The Bertz CT molecular complexity index is 367. The van der Waals surface area contributed by atoms with E-state index >= 15 is 0 Å². The minimum atomic E-state index is 0.174. The minimum absolute atomic E-state index is 0.174. The van der Waals surface area contributed by atoms with Crippen LogP contribution in [0.2, 0.25) is 0 Å². The second kappa shape index (κ2) is 5.26. The molecule has 86 valence electrons. The van der Waals surface area contributed by atoms with Gasteiger partial charge in [-0.2, -0.15) is 0 Å². The first-order valence-electron chi connectivity index (χ1n) is 6.08. The maximum Gasteiger partial charge on any atom is 0.160 e. The van der Waals surface area contributed by atoms with Crippen molar-refractivity contribution in [1.82, 2.24) is 4.90 Å². The average Bonchev–Trinajstić information content (AvgIpc) is 2.31. The van der Waals surface area contributed by atoms with Crippen LogP contribution in [-0.4, -0.2) is 23.8 Å². The normalized spacial score (nSPS) is 17.3. The Kier molecular flexibility index (Phi) is 3.73. The molecular weight excluding hydrogens is 198 g/mol. The number of piperidine rings is 1. The van der Waals surface area contributed by atoms with Crippen LogP contribution >= 0.6 is 0 Å². The SMILES string of the molecule is CC(=O)c1ccccc1CN1CCCCC1. The molecule has 2 heteroatoms. The van der Waals surface area contributed by atoms with Crippen molar-refractivity contribution in [2.45, 2.75) is 32.7 Å². The number of benzene rings is 1. The molecule has 0 spiro atoms. The zero-order valence-corrected chi connectivity index (χ0v) is 9.91. The molecule has 0 aromatic heterocycles. The van der Waals surface area contributed by atoms with Crippen molar-refractivity contribution in [3.63, 3.8) is 0 Å². The lowest BCUT2D eigenvalue weighted by atomic mass is 10.0. The van der Waals surface area contributed by atoms with Crippen LogP contribution in [-0.2, 0) is 6.54 Å². The summed E-state index contributed by atoms with van der Waals surface area (Å²) in [7, 11) is 0. The van der Waals surface area contributed by atoms with Gasteiger partial charge in [-0.05, 0) is 38.4 Å². The zero-order chi connectivity index (χ0) is 11.4. The number of carbonyl (C=O) groups excluding carboxylic acids is 1. The van der Waals surface area contributed by atoms with Crippen LogP contribution in [0.25, 0.3) is 0 Å². The number of nitrogens with zero attached hydrogens (tertiary/aromatic N) is 1. The van der Waals surface area contributed by atoms with Crippen molar-refractivity contribution in [1.29, 1.82) is 0 Å². The third-order valence-corrected chi connectivity index (χ3v) is 3.24. The molecule has 1 aromatic rings. The van der Waals surface area contributed by atoms with Crippen LogP contribution in [0.3, 0.4) is 0 Å². The number of Topliss-reactive ketones (excluding diaryl/α,β-unsaturated/α-hetero) is 1. The molecule has 0 saturated carbocycles. The molecule has 0 radical (unpaired) electrons. The van der Waals surface area contributed by atoms with Crippen molar-refractivity contribution in [3.05, 3.63) is 35.4 Å². The number of hydrogen-bond acceptors (Lipinski definition) is 2. The summed E-state index contributed by atoms with van der Waals surface area (Å²) in [6.07, 6.45) is 3.94. The fraction of sp³-hybridized carbons (Fsp3) is 0.500. The summed E-state index contributed by atoms with van der Waals surface area (Å²) in [5.74, 6) is 0.174. The summed E-state index contributed by atoms with van der Waals surface area (Å²) in [6.45, 7) is 4.92. The highest BCUT2D eigenvalue weighted by atomic mass is 16.1. The Morgan fingerprint density at radius 1 is 1.19 bits per heavy atom. The van der Waals surface area contributed by atoms with E-state index in [-0.39, 0.29) is 5.78 Å². The number of rotatable bonds is 3. The smallest absolute Gasteiger partial charge is 0.160 e. The number of hydrogen-bond donors (Lipinski definition) is 0. The second-order valence-electron chi connectivity index (χ2n) is 4.55. The molecule has 16 heavy (non-hydrogen) atoms. The van der Waals surface area contributed by atoms with Crippen LogP contribution in [0, 0.1) is 0 Å². The molecule has 1 saturated heterocycles. The predicted molar refractivity (Wildman–Crippen MR) is 65.6 cm³/mol. The lowest BCUT2D eigenvalue weighted by Gasteiger charge is -2.27. The molecule has 1 heterocycles. The average molecular weight is 217 g/mol. The highest BCUT2D eigenvalue weighted by Crippen LogP contribution is 2.16.